The molecule has 0 atom stereocenters. The Kier molecular flexibility index (Phi) is 7.97. The predicted molar refractivity (Wildman–Crippen MR) is 267 cm³/mol. The molecule has 65 heavy (non-hydrogen) atoms. The summed E-state index contributed by atoms with van der Waals surface area (Å²) in [5.74, 6) is 0. The molecule has 0 saturated heterocycles. The lowest BCUT2D eigenvalue weighted by molar-refractivity contribution is 1.16. The normalized spacial score (nSPS) is 11.7. The molecule has 13 rings (SSSR count). The van der Waals surface area contributed by atoms with Crippen LogP contribution < -0.4 is 0 Å². The number of para-hydroxylation sites is 4. The van der Waals surface area contributed by atoms with Crippen LogP contribution in [-0.4, -0.2) is 13.7 Å². The zero-order valence-corrected chi connectivity index (χ0v) is 34.9. The van der Waals surface area contributed by atoms with E-state index in [9.17, 15) is 10.5 Å². The SMILES string of the molecule is N#Cc1cc(-c2cc(-c3cccc4ccccc34)cc(-n3c4ccccc4c4cc(-n5c6ccccc6c6ccccc65)ccc43)c2)cc(-n2c3ccccc3c3c(C#N)cccc32)c1. The summed E-state index contributed by atoms with van der Waals surface area (Å²) in [4.78, 5) is 0. The van der Waals surface area contributed by atoms with Crippen molar-refractivity contribution in [2.75, 3.05) is 0 Å². The van der Waals surface area contributed by atoms with E-state index in [1.807, 2.05) is 36.4 Å². The van der Waals surface area contributed by atoms with Crippen LogP contribution in [0.2, 0.25) is 0 Å². The standard InChI is InChI=1S/C60H35N5/c61-36-38-29-41(32-45(30-38)65-57-25-10-6-20-52(57)60-40(37-62)15-12-26-59(60)65)42-31-43(48-21-11-14-39-13-1-2-16-47(39)48)34-46(33-42)64-56-24-9-5-19-51(56)53-35-44(27-28-58(53)64)63-54-22-7-3-17-49(54)50-18-4-8-23-55(50)63/h1-35H. The lowest BCUT2D eigenvalue weighted by atomic mass is 9.93. The monoisotopic (exact) mass is 825 g/mol. The molecule has 0 N–H and O–H groups in total. The highest BCUT2D eigenvalue weighted by molar-refractivity contribution is 6.14. The molecule has 0 fully saturated rings. The second-order valence-electron chi connectivity index (χ2n) is 16.8. The summed E-state index contributed by atoms with van der Waals surface area (Å²) in [6.07, 6.45) is 0. The molecule has 0 spiro atoms. The number of nitrogens with zero attached hydrogens (tertiary/aromatic N) is 5. The summed E-state index contributed by atoms with van der Waals surface area (Å²) in [7, 11) is 0. The Balaban J connectivity index is 1.08. The van der Waals surface area contributed by atoms with Crippen molar-refractivity contribution in [3.63, 3.8) is 0 Å². The molecule has 300 valence electrons. The Morgan fingerprint density at radius 2 is 0.800 bits per heavy atom. The van der Waals surface area contributed by atoms with Crippen molar-refractivity contribution in [2.45, 2.75) is 0 Å². The fraction of sp³-hybridized carbons (Fsp3) is 0. The van der Waals surface area contributed by atoms with Crippen LogP contribution in [0.4, 0.5) is 0 Å². The molecule has 0 amide bonds. The average Bonchev–Trinajstić information content (AvgIpc) is 4.01. The third kappa shape index (κ3) is 5.50. The van der Waals surface area contributed by atoms with E-state index in [1.165, 1.54) is 38.0 Å². The van der Waals surface area contributed by atoms with Gasteiger partial charge in [-0.05, 0) is 124 Å². The maximum Gasteiger partial charge on any atom is 0.0998 e. The molecule has 0 radical (unpaired) electrons. The fourth-order valence-corrected chi connectivity index (χ4v) is 10.5. The molecule has 3 aromatic heterocycles. The Morgan fingerprint density at radius 3 is 1.49 bits per heavy atom. The first-order chi connectivity index (χ1) is 32.1. The summed E-state index contributed by atoms with van der Waals surface area (Å²) in [5, 5.41) is 29.9. The van der Waals surface area contributed by atoms with Gasteiger partial charge in [0.25, 0.3) is 0 Å². The van der Waals surface area contributed by atoms with Gasteiger partial charge in [0.05, 0.1) is 56.4 Å². The van der Waals surface area contributed by atoms with E-state index in [1.54, 1.807) is 0 Å². The van der Waals surface area contributed by atoms with Gasteiger partial charge in [-0.1, -0.05) is 121 Å². The van der Waals surface area contributed by atoms with Crippen molar-refractivity contribution in [3.8, 4) is 51.5 Å². The first kappa shape index (κ1) is 36.5. The Labute approximate surface area is 373 Å². The number of hydrogen-bond acceptors (Lipinski definition) is 2. The summed E-state index contributed by atoms with van der Waals surface area (Å²) in [6.45, 7) is 0. The number of hydrogen-bond donors (Lipinski definition) is 0. The first-order valence-electron chi connectivity index (χ1n) is 21.8. The molecule has 0 aliphatic heterocycles. The van der Waals surface area contributed by atoms with Crippen LogP contribution in [0, 0.1) is 22.7 Å². The zero-order valence-electron chi connectivity index (χ0n) is 34.9. The van der Waals surface area contributed by atoms with Crippen molar-refractivity contribution in [3.05, 3.63) is 223 Å². The number of aromatic nitrogens is 3. The average molecular weight is 826 g/mol. The van der Waals surface area contributed by atoms with Gasteiger partial charge in [-0.15, -0.1) is 0 Å². The van der Waals surface area contributed by atoms with Crippen LogP contribution in [-0.2, 0) is 0 Å². The third-order valence-electron chi connectivity index (χ3n) is 13.2. The van der Waals surface area contributed by atoms with Gasteiger partial charge in [0.1, 0.15) is 0 Å². The summed E-state index contributed by atoms with van der Waals surface area (Å²) < 4.78 is 6.96. The van der Waals surface area contributed by atoms with E-state index in [-0.39, 0.29) is 0 Å². The van der Waals surface area contributed by atoms with Crippen molar-refractivity contribution >= 4 is 76.2 Å². The summed E-state index contributed by atoms with van der Waals surface area (Å²) >= 11 is 0. The van der Waals surface area contributed by atoms with E-state index in [0.29, 0.717) is 11.1 Å². The van der Waals surface area contributed by atoms with E-state index in [0.717, 1.165) is 77.5 Å². The van der Waals surface area contributed by atoms with E-state index in [4.69, 9.17) is 0 Å². The van der Waals surface area contributed by atoms with Gasteiger partial charge in [-0.25, -0.2) is 0 Å². The van der Waals surface area contributed by atoms with Gasteiger partial charge in [0.2, 0.25) is 0 Å². The minimum atomic E-state index is 0.548. The molecular formula is C60H35N5. The van der Waals surface area contributed by atoms with Crippen molar-refractivity contribution in [1.82, 2.24) is 13.7 Å². The van der Waals surface area contributed by atoms with Crippen LogP contribution in [0.3, 0.4) is 0 Å². The van der Waals surface area contributed by atoms with Crippen molar-refractivity contribution in [2.24, 2.45) is 0 Å². The Morgan fingerprint density at radius 1 is 0.308 bits per heavy atom. The number of rotatable bonds is 5. The van der Waals surface area contributed by atoms with Gasteiger partial charge < -0.3 is 13.7 Å². The quantitative estimate of drug-likeness (QED) is 0.173. The number of benzene rings is 10. The number of nitriles is 2. The minimum absolute atomic E-state index is 0.548. The molecule has 5 heteroatoms. The highest BCUT2D eigenvalue weighted by atomic mass is 15.0. The Hall–Kier alpha value is -9.16. The molecular weight excluding hydrogens is 791 g/mol. The van der Waals surface area contributed by atoms with Gasteiger partial charge >= 0.3 is 0 Å². The predicted octanol–water partition coefficient (Wildman–Crippen LogP) is 15.2. The molecule has 0 unspecified atom stereocenters. The van der Waals surface area contributed by atoms with Crippen LogP contribution in [0.1, 0.15) is 11.1 Å². The molecule has 13 aromatic rings. The second kappa shape index (κ2) is 14.2. The fourth-order valence-electron chi connectivity index (χ4n) is 10.5. The van der Waals surface area contributed by atoms with Crippen LogP contribution >= 0.6 is 0 Å². The molecule has 0 saturated carbocycles. The summed E-state index contributed by atoms with van der Waals surface area (Å²) in [5.41, 5.74) is 14.7. The minimum Gasteiger partial charge on any atom is -0.309 e. The van der Waals surface area contributed by atoms with Gasteiger partial charge in [0, 0.05) is 49.4 Å². The smallest absolute Gasteiger partial charge is 0.0998 e. The van der Waals surface area contributed by atoms with Crippen LogP contribution in [0.5, 0.6) is 0 Å². The van der Waals surface area contributed by atoms with Crippen LogP contribution in [0.15, 0.2) is 212 Å². The second-order valence-corrected chi connectivity index (χ2v) is 16.8. The topological polar surface area (TPSA) is 62.4 Å². The molecule has 5 nitrogen and oxygen atoms in total. The molecule has 0 bridgehead atoms. The lowest BCUT2D eigenvalue weighted by Crippen LogP contribution is -1.98. The molecule has 0 aliphatic rings. The third-order valence-corrected chi connectivity index (χ3v) is 13.2. The first-order valence-corrected chi connectivity index (χ1v) is 21.8. The van der Waals surface area contributed by atoms with E-state index >= 15 is 0 Å². The molecule has 10 aromatic carbocycles. The van der Waals surface area contributed by atoms with E-state index in [2.05, 4.69) is 202 Å². The highest BCUT2D eigenvalue weighted by Crippen LogP contribution is 2.41. The maximum absolute atomic E-state index is 10.6. The maximum atomic E-state index is 10.6. The Bertz CT molecular complexity index is 4160. The van der Waals surface area contributed by atoms with Crippen molar-refractivity contribution < 1.29 is 0 Å². The highest BCUT2D eigenvalue weighted by Gasteiger charge is 2.20. The molecule has 3 heterocycles. The molecule has 0 aliphatic carbocycles. The van der Waals surface area contributed by atoms with E-state index < -0.39 is 0 Å². The van der Waals surface area contributed by atoms with Gasteiger partial charge in [0.15, 0.2) is 0 Å². The van der Waals surface area contributed by atoms with Crippen LogP contribution in [0.25, 0.3) is 116 Å². The van der Waals surface area contributed by atoms with Gasteiger partial charge in [-0.3, -0.25) is 0 Å². The number of fused-ring (bicyclic) bond motifs is 10. The van der Waals surface area contributed by atoms with Crippen molar-refractivity contribution in [1.29, 1.82) is 10.5 Å². The van der Waals surface area contributed by atoms with Gasteiger partial charge in [-0.2, -0.15) is 10.5 Å². The summed E-state index contributed by atoms with van der Waals surface area (Å²) in [6, 6.07) is 79.8. The zero-order chi connectivity index (χ0) is 43.2. The largest absolute Gasteiger partial charge is 0.309 e. The lowest BCUT2D eigenvalue weighted by Gasteiger charge is -2.16.